The molecule has 0 unspecified atom stereocenters. The lowest BCUT2D eigenvalue weighted by Gasteiger charge is -2.26. The van der Waals surface area contributed by atoms with Crippen LogP contribution in [0.1, 0.15) is 47.9 Å². The first-order chi connectivity index (χ1) is 20.6. The molecule has 0 bridgehead atoms. The van der Waals surface area contributed by atoms with E-state index in [-0.39, 0.29) is 13.0 Å². The van der Waals surface area contributed by atoms with Crippen molar-refractivity contribution in [3.05, 3.63) is 144 Å². The van der Waals surface area contributed by atoms with E-state index in [1.807, 2.05) is 0 Å². The Hall–Kier alpha value is -5.32. The molecule has 0 aliphatic carbocycles. The molecule has 0 aliphatic rings. The lowest BCUT2D eigenvalue weighted by Crippen LogP contribution is -2.42. The maximum atomic E-state index is 12.0. The molecular weight excluding hydrogens is 556 g/mol. The third-order valence-corrected chi connectivity index (χ3v) is 5.58. The van der Waals surface area contributed by atoms with Gasteiger partial charge in [-0.15, -0.1) is 0 Å². The van der Waals surface area contributed by atoms with Crippen LogP contribution < -0.4 is 0 Å². The van der Waals surface area contributed by atoms with Crippen molar-refractivity contribution in [2.75, 3.05) is 19.8 Å². The SMILES string of the molecule is O=C(O)c1ccccc1.O=C(O)c1ccccc1.O=C(OCC(O)(CCO)COC(=O)c1ccccc1)c1ccccc1. The molecular formula is C33H32O10. The van der Waals surface area contributed by atoms with Crippen LogP contribution in [0.3, 0.4) is 0 Å². The number of hydrogen-bond acceptors (Lipinski definition) is 8. The number of rotatable bonds is 10. The Bertz CT molecular complexity index is 1300. The van der Waals surface area contributed by atoms with Crippen molar-refractivity contribution < 1.29 is 49.1 Å². The standard InChI is InChI=1S/C19H20O6.2C7H6O2/c20-12-11-19(23,13-24-17(21)15-7-3-1-4-8-15)14-25-18(22)16-9-5-2-6-10-16;2*8-7(9)6-4-2-1-3-5-6/h1-10,20,23H,11-14H2;2*1-5H,(H,8,9). The van der Waals surface area contributed by atoms with E-state index in [2.05, 4.69) is 0 Å². The summed E-state index contributed by atoms with van der Waals surface area (Å²) in [6.45, 7) is -1.14. The average Bonchev–Trinajstić information content (AvgIpc) is 3.05. The van der Waals surface area contributed by atoms with Gasteiger partial charge in [-0.25, -0.2) is 19.2 Å². The summed E-state index contributed by atoms with van der Waals surface area (Å²) in [7, 11) is 0. The van der Waals surface area contributed by atoms with E-state index in [9.17, 15) is 24.3 Å². The smallest absolute Gasteiger partial charge is 0.338 e. The summed E-state index contributed by atoms with van der Waals surface area (Å²) < 4.78 is 10.2. The highest BCUT2D eigenvalue weighted by molar-refractivity contribution is 5.90. The van der Waals surface area contributed by atoms with Crippen LogP contribution in [0.25, 0.3) is 0 Å². The highest BCUT2D eigenvalue weighted by Crippen LogP contribution is 2.15. The summed E-state index contributed by atoms with van der Waals surface area (Å²) in [5.74, 6) is -2.97. The topological polar surface area (TPSA) is 168 Å². The van der Waals surface area contributed by atoms with Gasteiger partial charge < -0.3 is 29.9 Å². The number of aliphatic hydroxyl groups excluding tert-OH is 1. The molecule has 0 saturated carbocycles. The molecule has 0 radical (unpaired) electrons. The molecule has 43 heavy (non-hydrogen) atoms. The van der Waals surface area contributed by atoms with Crippen molar-refractivity contribution in [2.45, 2.75) is 12.0 Å². The molecule has 4 aromatic carbocycles. The fraction of sp³-hybridized carbons (Fsp3) is 0.152. The largest absolute Gasteiger partial charge is 0.478 e. The highest BCUT2D eigenvalue weighted by atomic mass is 16.6. The van der Waals surface area contributed by atoms with Gasteiger partial charge in [0.15, 0.2) is 0 Å². The monoisotopic (exact) mass is 588 g/mol. The lowest BCUT2D eigenvalue weighted by molar-refractivity contribution is -0.0808. The molecule has 10 nitrogen and oxygen atoms in total. The van der Waals surface area contributed by atoms with Gasteiger partial charge >= 0.3 is 23.9 Å². The van der Waals surface area contributed by atoms with E-state index < -0.39 is 42.7 Å². The zero-order valence-corrected chi connectivity index (χ0v) is 23.1. The molecule has 0 amide bonds. The quantitative estimate of drug-likeness (QED) is 0.192. The van der Waals surface area contributed by atoms with E-state index in [1.165, 1.54) is 0 Å². The number of aromatic carboxylic acids is 2. The number of benzene rings is 4. The normalized spacial score (nSPS) is 10.1. The first-order valence-electron chi connectivity index (χ1n) is 13.0. The third-order valence-electron chi connectivity index (χ3n) is 5.58. The van der Waals surface area contributed by atoms with Gasteiger partial charge in [-0.05, 0) is 48.5 Å². The molecule has 0 aromatic heterocycles. The van der Waals surface area contributed by atoms with Gasteiger partial charge in [0.25, 0.3) is 0 Å². The predicted molar refractivity (Wildman–Crippen MR) is 157 cm³/mol. The van der Waals surface area contributed by atoms with Crippen LogP contribution >= 0.6 is 0 Å². The average molecular weight is 589 g/mol. The van der Waals surface area contributed by atoms with Crippen LogP contribution in [-0.2, 0) is 9.47 Å². The number of esters is 2. The zero-order chi connectivity index (χ0) is 31.5. The number of aliphatic hydroxyl groups is 2. The molecule has 10 heteroatoms. The Morgan fingerprint density at radius 2 is 0.791 bits per heavy atom. The summed E-state index contributed by atoms with van der Waals surface area (Å²) in [5.41, 5.74) is -0.316. The molecule has 0 heterocycles. The first kappa shape index (κ1) is 33.9. The second-order valence-electron chi connectivity index (χ2n) is 8.92. The minimum atomic E-state index is -1.66. The maximum absolute atomic E-state index is 12.0. The van der Waals surface area contributed by atoms with Crippen LogP contribution in [0, 0.1) is 0 Å². The van der Waals surface area contributed by atoms with E-state index in [4.69, 9.17) is 24.8 Å². The predicted octanol–water partition coefficient (Wildman–Crippen LogP) is 4.58. The van der Waals surface area contributed by atoms with Crippen molar-refractivity contribution in [1.82, 2.24) is 0 Å². The van der Waals surface area contributed by atoms with Gasteiger partial charge in [0.05, 0.1) is 22.3 Å². The molecule has 0 aliphatic heterocycles. The van der Waals surface area contributed by atoms with E-state index >= 15 is 0 Å². The second-order valence-corrected chi connectivity index (χ2v) is 8.92. The van der Waals surface area contributed by atoms with Crippen molar-refractivity contribution in [3.8, 4) is 0 Å². The number of hydrogen-bond donors (Lipinski definition) is 4. The molecule has 4 rings (SSSR count). The van der Waals surface area contributed by atoms with Crippen molar-refractivity contribution >= 4 is 23.9 Å². The van der Waals surface area contributed by atoms with E-state index in [1.54, 1.807) is 121 Å². The number of carboxylic acid groups (broad SMARTS) is 2. The van der Waals surface area contributed by atoms with Crippen LogP contribution in [0.5, 0.6) is 0 Å². The van der Waals surface area contributed by atoms with Gasteiger partial charge in [-0.3, -0.25) is 0 Å². The van der Waals surface area contributed by atoms with Gasteiger partial charge in [-0.2, -0.15) is 0 Å². The first-order valence-corrected chi connectivity index (χ1v) is 13.0. The zero-order valence-electron chi connectivity index (χ0n) is 23.1. The van der Waals surface area contributed by atoms with Crippen molar-refractivity contribution in [3.63, 3.8) is 0 Å². The second kappa shape index (κ2) is 18.2. The lowest BCUT2D eigenvalue weighted by atomic mass is 10.0. The number of carbonyl (C=O) groups is 4. The molecule has 224 valence electrons. The van der Waals surface area contributed by atoms with Gasteiger partial charge in [0.2, 0.25) is 0 Å². The number of carboxylic acids is 2. The Kier molecular flexibility index (Phi) is 14.3. The Morgan fingerprint density at radius 3 is 1.02 bits per heavy atom. The molecule has 0 saturated heterocycles. The van der Waals surface area contributed by atoms with Crippen molar-refractivity contribution in [2.24, 2.45) is 0 Å². The van der Waals surface area contributed by atoms with E-state index in [0.717, 1.165) is 0 Å². The summed E-state index contributed by atoms with van der Waals surface area (Å²) in [4.78, 5) is 44.3. The Morgan fingerprint density at radius 1 is 0.512 bits per heavy atom. The molecule has 4 aromatic rings. The van der Waals surface area contributed by atoms with Crippen molar-refractivity contribution in [1.29, 1.82) is 0 Å². The third kappa shape index (κ3) is 12.8. The molecule has 0 fully saturated rings. The minimum Gasteiger partial charge on any atom is -0.478 e. The number of carbonyl (C=O) groups excluding carboxylic acids is 2. The summed E-state index contributed by atoms with van der Waals surface area (Å²) >= 11 is 0. The fourth-order valence-corrected chi connectivity index (χ4v) is 3.27. The van der Waals surface area contributed by atoms with Gasteiger partial charge in [0, 0.05) is 13.0 Å². The van der Waals surface area contributed by atoms with Crippen LogP contribution in [-0.4, -0.2) is 69.7 Å². The van der Waals surface area contributed by atoms with Gasteiger partial charge in [0.1, 0.15) is 18.8 Å². The summed E-state index contributed by atoms with van der Waals surface area (Å²) in [6.07, 6.45) is -0.100. The van der Waals surface area contributed by atoms with E-state index in [0.29, 0.717) is 22.3 Å². The summed E-state index contributed by atoms with van der Waals surface area (Å²) in [6, 6.07) is 33.2. The van der Waals surface area contributed by atoms with Gasteiger partial charge in [-0.1, -0.05) is 72.8 Å². The fourth-order valence-electron chi connectivity index (χ4n) is 3.27. The Labute approximate surface area is 248 Å². The maximum Gasteiger partial charge on any atom is 0.338 e. The molecule has 4 N–H and O–H groups in total. The van der Waals surface area contributed by atoms with Crippen LogP contribution in [0.15, 0.2) is 121 Å². The highest BCUT2D eigenvalue weighted by Gasteiger charge is 2.31. The van der Waals surface area contributed by atoms with Crippen LogP contribution in [0.4, 0.5) is 0 Å². The molecule has 0 spiro atoms. The minimum absolute atomic E-state index is 0.100. The molecule has 0 atom stereocenters. The van der Waals surface area contributed by atoms with Crippen LogP contribution in [0.2, 0.25) is 0 Å². The summed E-state index contributed by atoms with van der Waals surface area (Å²) in [5, 5.41) is 36.4. The Balaban J connectivity index is 0.000000289. The number of ether oxygens (including phenoxy) is 2.